The van der Waals surface area contributed by atoms with Crippen molar-refractivity contribution in [3.63, 3.8) is 0 Å². The van der Waals surface area contributed by atoms with Gasteiger partial charge >= 0.3 is 0 Å². The van der Waals surface area contributed by atoms with Crippen LogP contribution < -0.4 is 0 Å². The van der Waals surface area contributed by atoms with E-state index in [1.807, 2.05) is 0 Å². The molecular weight excluding hydrogens is 196 g/mol. The molecule has 0 saturated heterocycles. The summed E-state index contributed by atoms with van der Waals surface area (Å²) < 4.78 is 0. The highest BCUT2D eigenvalue weighted by Crippen LogP contribution is 2.53. The molecule has 2 saturated carbocycles. The van der Waals surface area contributed by atoms with Crippen molar-refractivity contribution >= 4 is 0 Å². The van der Waals surface area contributed by atoms with Crippen LogP contribution in [0, 0.1) is 5.41 Å². The molecular formula is C15H28O. The second-order valence-electron chi connectivity index (χ2n) is 6.18. The molecule has 2 rings (SSSR count). The van der Waals surface area contributed by atoms with Gasteiger partial charge in [0.1, 0.15) is 0 Å². The van der Waals surface area contributed by atoms with Gasteiger partial charge in [-0.2, -0.15) is 0 Å². The summed E-state index contributed by atoms with van der Waals surface area (Å²) in [5, 5.41) is 11.1. The van der Waals surface area contributed by atoms with Crippen LogP contribution in [-0.2, 0) is 0 Å². The van der Waals surface area contributed by atoms with Crippen molar-refractivity contribution in [1.82, 2.24) is 0 Å². The molecule has 0 aromatic carbocycles. The summed E-state index contributed by atoms with van der Waals surface area (Å²) in [6.07, 6.45) is 15.2. The predicted molar refractivity (Wildman–Crippen MR) is 68.5 cm³/mol. The Hall–Kier alpha value is -0.0400. The van der Waals surface area contributed by atoms with Crippen molar-refractivity contribution in [2.45, 2.75) is 89.6 Å². The van der Waals surface area contributed by atoms with Crippen LogP contribution in [0.25, 0.3) is 0 Å². The molecule has 1 N–H and O–H groups in total. The maximum absolute atomic E-state index is 11.1. The molecule has 0 aromatic rings. The molecule has 1 heteroatoms. The Morgan fingerprint density at radius 2 is 1.31 bits per heavy atom. The Morgan fingerprint density at radius 1 is 0.812 bits per heavy atom. The van der Waals surface area contributed by atoms with E-state index in [2.05, 4.69) is 6.92 Å². The highest BCUT2D eigenvalue weighted by Gasteiger charge is 2.49. The molecule has 2 aliphatic rings. The van der Waals surface area contributed by atoms with Gasteiger partial charge in [-0.1, -0.05) is 51.9 Å². The van der Waals surface area contributed by atoms with Crippen molar-refractivity contribution < 1.29 is 5.11 Å². The normalized spacial score (nSPS) is 28.9. The highest BCUT2D eigenvalue weighted by atomic mass is 16.3. The van der Waals surface area contributed by atoms with Crippen molar-refractivity contribution in [3.8, 4) is 0 Å². The Balaban J connectivity index is 2.15. The number of aliphatic hydroxyl groups is 1. The van der Waals surface area contributed by atoms with E-state index >= 15 is 0 Å². The Kier molecular flexibility index (Phi) is 3.94. The van der Waals surface area contributed by atoms with Gasteiger partial charge in [0.15, 0.2) is 0 Å². The molecule has 0 aliphatic heterocycles. The summed E-state index contributed by atoms with van der Waals surface area (Å²) in [6.45, 7) is 2.28. The fourth-order valence-electron chi connectivity index (χ4n) is 4.32. The van der Waals surface area contributed by atoms with Gasteiger partial charge in [0.25, 0.3) is 0 Å². The summed E-state index contributed by atoms with van der Waals surface area (Å²) in [5.74, 6) is 0. The lowest BCUT2D eigenvalue weighted by Gasteiger charge is -2.52. The van der Waals surface area contributed by atoms with E-state index in [1.165, 1.54) is 64.2 Å². The van der Waals surface area contributed by atoms with Crippen LogP contribution in [0.4, 0.5) is 0 Å². The zero-order valence-electron chi connectivity index (χ0n) is 10.9. The molecule has 0 bridgehead atoms. The van der Waals surface area contributed by atoms with Crippen LogP contribution in [0.5, 0.6) is 0 Å². The largest absolute Gasteiger partial charge is 0.389 e. The lowest BCUT2D eigenvalue weighted by molar-refractivity contribution is -0.130. The topological polar surface area (TPSA) is 20.2 Å². The van der Waals surface area contributed by atoms with Crippen molar-refractivity contribution in [3.05, 3.63) is 0 Å². The second-order valence-corrected chi connectivity index (χ2v) is 6.18. The van der Waals surface area contributed by atoms with E-state index in [0.29, 0.717) is 5.41 Å². The van der Waals surface area contributed by atoms with Crippen molar-refractivity contribution in [1.29, 1.82) is 0 Å². The maximum Gasteiger partial charge on any atom is 0.0703 e. The van der Waals surface area contributed by atoms with Gasteiger partial charge in [-0.05, 0) is 37.5 Å². The van der Waals surface area contributed by atoms with Gasteiger partial charge in [0.2, 0.25) is 0 Å². The lowest BCUT2D eigenvalue weighted by atomic mass is 9.57. The lowest BCUT2D eigenvalue weighted by Crippen LogP contribution is -2.50. The summed E-state index contributed by atoms with van der Waals surface area (Å²) in [5.41, 5.74) is -0.0118. The Labute approximate surface area is 101 Å². The third-order valence-corrected chi connectivity index (χ3v) is 5.21. The first-order valence-electron chi connectivity index (χ1n) is 7.45. The molecule has 0 unspecified atom stereocenters. The van der Waals surface area contributed by atoms with E-state index in [4.69, 9.17) is 0 Å². The summed E-state index contributed by atoms with van der Waals surface area (Å²) in [6, 6.07) is 0. The van der Waals surface area contributed by atoms with Gasteiger partial charge in [-0.25, -0.2) is 0 Å². The van der Waals surface area contributed by atoms with Crippen LogP contribution >= 0.6 is 0 Å². The fraction of sp³-hybridized carbons (Fsp3) is 1.00. The van der Waals surface area contributed by atoms with E-state index in [1.54, 1.807) is 0 Å². The molecule has 94 valence electrons. The third kappa shape index (κ3) is 2.16. The van der Waals surface area contributed by atoms with Crippen LogP contribution in [0.2, 0.25) is 0 Å². The van der Waals surface area contributed by atoms with Crippen LogP contribution in [-0.4, -0.2) is 10.7 Å². The average Bonchev–Trinajstić information content (AvgIpc) is 2.31. The number of hydrogen-bond donors (Lipinski definition) is 1. The second kappa shape index (κ2) is 5.08. The minimum atomic E-state index is -0.304. The smallest absolute Gasteiger partial charge is 0.0703 e. The van der Waals surface area contributed by atoms with E-state index in [0.717, 1.165) is 12.8 Å². The van der Waals surface area contributed by atoms with Gasteiger partial charge in [0, 0.05) is 0 Å². The first kappa shape index (κ1) is 12.4. The Morgan fingerprint density at radius 3 is 1.81 bits per heavy atom. The molecule has 1 nitrogen and oxygen atoms in total. The van der Waals surface area contributed by atoms with Gasteiger partial charge < -0.3 is 5.11 Å². The minimum Gasteiger partial charge on any atom is -0.389 e. The fourth-order valence-corrected chi connectivity index (χ4v) is 4.32. The molecule has 0 heterocycles. The SMILES string of the molecule is CCCC1(C2(O)CCCCC2)CCCCC1. The molecule has 2 aliphatic carbocycles. The predicted octanol–water partition coefficient (Wildman–Crippen LogP) is 4.43. The number of rotatable bonds is 3. The van der Waals surface area contributed by atoms with E-state index in [9.17, 15) is 5.11 Å². The van der Waals surface area contributed by atoms with E-state index in [-0.39, 0.29) is 5.60 Å². The molecule has 0 radical (unpaired) electrons. The third-order valence-electron chi connectivity index (χ3n) is 5.21. The van der Waals surface area contributed by atoms with Gasteiger partial charge in [0.05, 0.1) is 5.60 Å². The molecule has 16 heavy (non-hydrogen) atoms. The first-order valence-corrected chi connectivity index (χ1v) is 7.45. The minimum absolute atomic E-state index is 0.292. The highest BCUT2D eigenvalue weighted by molar-refractivity contribution is 5.01. The monoisotopic (exact) mass is 224 g/mol. The van der Waals surface area contributed by atoms with Crippen LogP contribution in [0.1, 0.15) is 84.0 Å². The summed E-state index contributed by atoms with van der Waals surface area (Å²) in [7, 11) is 0. The zero-order valence-corrected chi connectivity index (χ0v) is 10.9. The molecule has 0 amide bonds. The summed E-state index contributed by atoms with van der Waals surface area (Å²) >= 11 is 0. The molecule has 0 spiro atoms. The van der Waals surface area contributed by atoms with Gasteiger partial charge in [-0.15, -0.1) is 0 Å². The maximum atomic E-state index is 11.1. The molecule has 0 atom stereocenters. The summed E-state index contributed by atoms with van der Waals surface area (Å²) in [4.78, 5) is 0. The number of hydrogen-bond acceptors (Lipinski definition) is 1. The zero-order chi connectivity index (χ0) is 11.5. The van der Waals surface area contributed by atoms with E-state index < -0.39 is 0 Å². The van der Waals surface area contributed by atoms with Gasteiger partial charge in [-0.3, -0.25) is 0 Å². The molecule has 0 aromatic heterocycles. The Bertz CT molecular complexity index is 204. The first-order chi connectivity index (χ1) is 7.72. The molecule has 2 fully saturated rings. The van der Waals surface area contributed by atoms with Crippen LogP contribution in [0.3, 0.4) is 0 Å². The quantitative estimate of drug-likeness (QED) is 0.751. The van der Waals surface area contributed by atoms with Crippen molar-refractivity contribution in [2.24, 2.45) is 5.41 Å². The van der Waals surface area contributed by atoms with Crippen LogP contribution in [0.15, 0.2) is 0 Å². The van der Waals surface area contributed by atoms with Crippen molar-refractivity contribution in [2.75, 3.05) is 0 Å². The standard InChI is InChI=1S/C15H28O/c1-2-9-14(10-5-3-6-11-14)15(16)12-7-4-8-13-15/h16H,2-13H2,1H3. The average molecular weight is 224 g/mol.